The number of hydrogen-bond acceptors (Lipinski definition) is 10. The largest absolute Gasteiger partial charge is 0.474 e. The van der Waals surface area contributed by atoms with E-state index in [9.17, 15) is 13.9 Å². The van der Waals surface area contributed by atoms with Crippen LogP contribution in [0.4, 0.5) is 4.79 Å². The summed E-state index contributed by atoms with van der Waals surface area (Å²) in [6.45, 7) is 8.81. The van der Waals surface area contributed by atoms with Gasteiger partial charge in [-0.05, 0) is 45.4 Å². The Kier molecular flexibility index (Phi) is 7.90. The van der Waals surface area contributed by atoms with Crippen molar-refractivity contribution in [3.63, 3.8) is 0 Å². The van der Waals surface area contributed by atoms with Crippen LogP contribution in [0, 0.1) is 6.92 Å². The number of amides is 1. The molecule has 12 heteroatoms. The van der Waals surface area contributed by atoms with Gasteiger partial charge in [0, 0.05) is 31.8 Å². The highest BCUT2D eigenvalue weighted by Gasteiger charge is 2.30. The van der Waals surface area contributed by atoms with Gasteiger partial charge in [-0.25, -0.2) is 14.8 Å². The molecule has 1 aromatic heterocycles. The van der Waals surface area contributed by atoms with Crippen LogP contribution in [0.5, 0.6) is 17.5 Å². The summed E-state index contributed by atoms with van der Waals surface area (Å²) in [4.78, 5) is 22.5. The monoisotopic (exact) mass is 523 g/mol. The van der Waals surface area contributed by atoms with E-state index >= 15 is 0 Å². The smallest absolute Gasteiger partial charge is 0.410 e. The molecule has 1 amide bonds. The minimum Gasteiger partial charge on any atom is -0.474 e. The first-order chi connectivity index (χ1) is 17.0. The van der Waals surface area contributed by atoms with E-state index in [1.54, 1.807) is 17.0 Å². The number of ether oxygens (including phenoxy) is 3. The third-order valence-electron chi connectivity index (χ3n) is 5.78. The van der Waals surface area contributed by atoms with E-state index in [1.165, 1.54) is 6.33 Å². The Labute approximate surface area is 212 Å². The van der Waals surface area contributed by atoms with Crippen molar-refractivity contribution in [3.8, 4) is 17.5 Å². The molecule has 36 heavy (non-hydrogen) atoms. The summed E-state index contributed by atoms with van der Waals surface area (Å²) >= 11 is -3.38. The standard InChI is InChI=1S/C24H33N3O8S/c1-16-21(33-19-7-5-17(6-8-19)18-13-31-36(29,30)32-14-18)25-15-26-22(16)34-20-9-11-27(12-10-20)23(28)35-24(2,3)4/h5-8,15,18,20,29-30H,9-14H2,1-4H3. The Balaban J connectivity index is 1.32. The third kappa shape index (κ3) is 6.98. The maximum Gasteiger partial charge on any atom is 0.410 e. The first-order valence-corrected chi connectivity index (χ1v) is 13.2. The van der Waals surface area contributed by atoms with Crippen LogP contribution in [0.2, 0.25) is 0 Å². The molecule has 4 rings (SSSR count). The zero-order valence-electron chi connectivity index (χ0n) is 20.9. The Morgan fingerprint density at radius 3 is 2.28 bits per heavy atom. The van der Waals surface area contributed by atoms with Crippen molar-refractivity contribution >= 4 is 17.2 Å². The lowest BCUT2D eigenvalue weighted by Gasteiger charge is -2.33. The summed E-state index contributed by atoms with van der Waals surface area (Å²) in [6, 6.07) is 7.35. The lowest BCUT2D eigenvalue weighted by molar-refractivity contribution is 0.0122. The van der Waals surface area contributed by atoms with Gasteiger partial charge in [0.1, 0.15) is 23.8 Å². The van der Waals surface area contributed by atoms with Crippen LogP contribution >= 0.6 is 11.2 Å². The number of aromatic nitrogens is 2. The van der Waals surface area contributed by atoms with Crippen molar-refractivity contribution in [1.29, 1.82) is 0 Å². The van der Waals surface area contributed by atoms with E-state index in [0.29, 0.717) is 49.0 Å². The predicted molar refractivity (Wildman–Crippen MR) is 132 cm³/mol. The minimum atomic E-state index is -3.38. The Hall–Kier alpha value is -2.64. The number of rotatable bonds is 5. The van der Waals surface area contributed by atoms with Crippen molar-refractivity contribution < 1.29 is 36.5 Å². The van der Waals surface area contributed by atoms with E-state index in [2.05, 4.69) is 9.97 Å². The molecule has 0 saturated carbocycles. The molecular weight excluding hydrogens is 490 g/mol. The fourth-order valence-corrected chi connectivity index (χ4v) is 4.57. The average Bonchev–Trinajstić information content (AvgIpc) is 2.82. The summed E-state index contributed by atoms with van der Waals surface area (Å²) in [5.41, 5.74) is 1.08. The lowest BCUT2D eigenvalue weighted by Crippen LogP contribution is -2.44. The molecule has 0 spiro atoms. The summed E-state index contributed by atoms with van der Waals surface area (Å²) in [5, 5.41) is 0. The molecular formula is C24H33N3O8S. The zero-order chi connectivity index (χ0) is 25.9. The molecule has 1 aromatic carbocycles. The quantitative estimate of drug-likeness (QED) is 0.547. The molecule has 0 radical (unpaired) electrons. The van der Waals surface area contributed by atoms with Gasteiger partial charge in [0.15, 0.2) is 0 Å². The second-order valence-electron chi connectivity index (χ2n) is 9.78. The fraction of sp³-hybridized carbons (Fsp3) is 0.542. The van der Waals surface area contributed by atoms with Gasteiger partial charge in [-0.2, -0.15) is 0 Å². The predicted octanol–water partition coefficient (Wildman–Crippen LogP) is 5.07. The number of benzene rings is 1. The van der Waals surface area contributed by atoms with Crippen LogP contribution in [0.25, 0.3) is 0 Å². The topological polar surface area (TPSA) is 133 Å². The van der Waals surface area contributed by atoms with Gasteiger partial charge in [0.2, 0.25) is 22.9 Å². The number of carbonyl (C=O) groups is 1. The van der Waals surface area contributed by atoms with Crippen LogP contribution in [-0.4, -0.2) is 68.1 Å². The number of nitrogens with zero attached hydrogens (tertiary/aromatic N) is 3. The zero-order valence-corrected chi connectivity index (χ0v) is 21.7. The molecule has 2 aliphatic heterocycles. The summed E-state index contributed by atoms with van der Waals surface area (Å²) in [6.07, 6.45) is 2.36. The van der Waals surface area contributed by atoms with E-state index in [0.717, 1.165) is 5.56 Å². The van der Waals surface area contributed by atoms with Crippen LogP contribution in [0.15, 0.2) is 30.6 Å². The van der Waals surface area contributed by atoms with Gasteiger partial charge in [-0.1, -0.05) is 12.1 Å². The second kappa shape index (κ2) is 10.8. The molecule has 2 aromatic rings. The highest BCUT2D eigenvalue weighted by atomic mass is 32.3. The van der Waals surface area contributed by atoms with Gasteiger partial charge in [0.05, 0.1) is 18.8 Å². The van der Waals surface area contributed by atoms with E-state index in [1.807, 2.05) is 39.8 Å². The van der Waals surface area contributed by atoms with Crippen LogP contribution in [-0.2, 0) is 13.1 Å². The molecule has 2 fully saturated rings. The van der Waals surface area contributed by atoms with Crippen molar-refractivity contribution in [2.24, 2.45) is 0 Å². The first-order valence-electron chi connectivity index (χ1n) is 11.8. The average molecular weight is 524 g/mol. The molecule has 0 bridgehead atoms. The normalized spacial score (nSPS) is 20.0. The molecule has 11 nitrogen and oxygen atoms in total. The van der Waals surface area contributed by atoms with E-state index in [-0.39, 0.29) is 31.3 Å². The van der Waals surface area contributed by atoms with Gasteiger partial charge < -0.3 is 19.1 Å². The Morgan fingerprint density at radius 1 is 1.06 bits per heavy atom. The number of piperidine rings is 1. The van der Waals surface area contributed by atoms with Crippen molar-refractivity contribution in [2.45, 2.75) is 58.2 Å². The Bertz CT molecular complexity index is 1040. The van der Waals surface area contributed by atoms with E-state index in [4.69, 9.17) is 22.6 Å². The van der Waals surface area contributed by atoms with Crippen LogP contribution < -0.4 is 9.47 Å². The molecule has 0 aliphatic carbocycles. The maximum absolute atomic E-state index is 12.3. The Morgan fingerprint density at radius 2 is 1.67 bits per heavy atom. The molecule has 2 aliphatic rings. The molecule has 2 N–H and O–H groups in total. The number of likely N-dealkylation sites (tertiary alicyclic amines) is 1. The third-order valence-corrected chi connectivity index (χ3v) is 6.66. The number of carbonyl (C=O) groups excluding carboxylic acids is 1. The second-order valence-corrected chi connectivity index (χ2v) is 11.1. The van der Waals surface area contributed by atoms with Crippen LogP contribution in [0.1, 0.15) is 50.7 Å². The van der Waals surface area contributed by atoms with Crippen molar-refractivity contribution in [3.05, 3.63) is 41.7 Å². The SMILES string of the molecule is Cc1c(Oc2ccc(C3COS(O)(O)OC3)cc2)ncnc1OC1CCN(C(=O)OC(C)(C)C)CC1. The summed E-state index contributed by atoms with van der Waals surface area (Å²) < 4.78 is 46.3. The van der Waals surface area contributed by atoms with Gasteiger partial charge in [0.25, 0.3) is 0 Å². The molecule has 3 heterocycles. The molecule has 0 atom stereocenters. The molecule has 0 unspecified atom stereocenters. The molecule has 2 saturated heterocycles. The minimum absolute atomic E-state index is 0.0808. The van der Waals surface area contributed by atoms with Gasteiger partial charge >= 0.3 is 6.09 Å². The molecule has 198 valence electrons. The summed E-state index contributed by atoms with van der Waals surface area (Å²) in [5.74, 6) is 1.31. The van der Waals surface area contributed by atoms with Gasteiger partial charge in [-0.3, -0.25) is 17.5 Å². The first kappa shape index (κ1) is 26.4. The van der Waals surface area contributed by atoms with Crippen molar-refractivity contribution in [1.82, 2.24) is 14.9 Å². The lowest BCUT2D eigenvalue weighted by atomic mass is 10.0. The highest BCUT2D eigenvalue weighted by molar-refractivity contribution is 8.16. The highest BCUT2D eigenvalue weighted by Crippen LogP contribution is 2.46. The van der Waals surface area contributed by atoms with Crippen molar-refractivity contribution in [2.75, 3.05) is 26.3 Å². The van der Waals surface area contributed by atoms with E-state index < -0.39 is 16.8 Å². The summed E-state index contributed by atoms with van der Waals surface area (Å²) in [7, 11) is 0. The number of hydrogen-bond donors (Lipinski definition) is 2. The fourth-order valence-electron chi connectivity index (χ4n) is 3.82. The van der Waals surface area contributed by atoms with Crippen LogP contribution in [0.3, 0.4) is 0 Å². The van der Waals surface area contributed by atoms with Gasteiger partial charge in [-0.15, -0.1) is 0 Å². The maximum atomic E-state index is 12.3.